The summed E-state index contributed by atoms with van der Waals surface area (Å²) < 4.78 is 46.8. The molecule has 3 heterocycles. The van der Waals surface area contributed by atoms with Crippen LogP contribution in [-0.2, 0) is 32.5 Å². The van der Waals surface area contributed by atoms with Crippen LogP contribution in [0.15, 0.2) is 41.3 Å². The van der Waals surface area contributed by atoms with Crippen LogP contribution in [0.2, 0.25) is 0 Å². The number of hydrogen-bond donors (Lipinski definition) is 1. The molecule has 3 fully saturated rings. The fourth-order valence-corrected chi connectivity index (χ4v) is 7.56. The fourth-order valence-electron chi connectivity index (χ4n) is 5.73. The van der Waals surface area contributed by atoms with Gasteiger partial charge in [0.2, 0.25) is 0 Å². The third kappa shape index (κ3) is 4.64. The summed E-state index contributed by atoms with van der Waals surface area (Å²) in [5.74, 6) is 1.77. The summed E-state index contributed by atoms with van der Waals surface area (Å²) in [5, 5.41) is 10.1. The highest BCUT2D eigenvalue weighted by atomic mass is 32.2. The Morgan fingerprint density at radius 2 is 1.78 bits per heavy atom. The number of ether oxygens (including phenoxy) is 3. The highest BCUT2D eigenvalue weighted by Crippen LogP contribution is 2.46. The van der Waals surface area contributed by atoms with Crippen molar-refractivity contribution in [2.45, 2.75) is 62.0 Å². The van der Waals surface area contributed by atoms with Gasteiger partial charge in [-0.05, 0) is 85.8 Å². The van der Waals surface area contributed by atoms with Gasteiger partial charge in [-0.1, -0.05) is 12.1 Å². The van der Waals surface area contributed by atoms with Gasteiger partial charge in [-0.15, -0.1) is 0 Å². The Hall–Kier alpha value is -2.13. The largest absolute Gasteiger partial charge is 0.493 e. The van der Waals surface area contributed by atoms with Crippen molar-refractivity contribution in [3.63, 3.8) is 0 Å². The lowest BCUT2D eigenvalue weighted by Crippen LogP contribution is -2.45. The van der Waals surface area contributed by atoms with E-state index in [1.165, 1.54) is 5.56 Å². The first kappa shape index (κ1) is 24.2. The van der Waals surface area contributed by atoms with Crippen LogP contribution in [0.25, 0.3) is 0 Å². The maximum Gasteiger partial charge on any atom is 0.264 e. The van der Waals surface area contributed by atoms with E-state index in [-0.39, 0.29) is 17.5 Å². The number of nitrogens with zero attached hydrogens (tertiary/aromatic N) is 1. The zero-order valence-corrected chi connectivity index (χ0v) is 21.4. The molecule has 0 bridgehead atoms. The van der Waals surface area contributed by atoms with Crippen molar-refractivity contribution in [3.05, 3.63) is 53.1 Å². The molecule has 2 saturated heterocycles. The molecule has 1 saturated carbocycles. The predicted molar refractivity (Wildman–Crippen MR) is 136 cm³/mol. The Morgan fingerprint density at radius 3 is 2.47 bits per heavy atom. The van der Waals surface area contributed by atoms with Gasteiger partial charge in [0.05, 0.1) is 37.0 Å². The number of fused-ring (bicyclic) bond motifs is 1. The first-order chi connectivity index (χ1) is 17.5. The van der Waals surface area contributed by atoms with Crippen LogP contribution in [-0.4, -0.2) is 52.6 Å². The zero-order valence-electron chi connectivity index (χ0n) is 20.6. The molecule has 1 N–H and O–H groups in total. The minimum absolute atomic E-state index is 0.0255. The number of aliphatic hydroxyl groups excluding tert-OH is 1. The lowest BCUT2D eigenvalue weighted by atomic mass is 9.90. The second-order valence-corrected chi connectivity index (χ2v) is 12.5. The highest BCUT2D eigenvalue weighted by molar-refractivity contribution is 7.92. The highest BCUT2D eigenvalue weighted by Gasteiger charge is 2.44. The molecule has 0 radical (unpaired) electrons. The molecule has 7 nitrogen and oxygen atoms in total. The average molecular weight is 514 g/mol. The number of hydrogen-bond acceptors (Lipinski definition) is 6. The second-order valence-electron chi connectivity index (χ2n) is 10.7. The van der Waals surface area contributed by atoms with Gasteiger partial charge >= 0.3 is 0 Å². The average Bonchev–Trinajstić information content (AvgIpc) is 3.71. The second kappa shape index (κ2) is 9.97. The molecule has 0 aromatic heterocycles. The first-order valence-electron chi connectivity index (χ1n) is 13.2. The molecule has 36 heavy (non-hydrogen) atoms. The lowest BCUT2D eigenvalue weighted by molar-refractivity contribution is 0.00839. The minimum atomic E-state index is -3.81. The Kier molecular flexibility index (Phi) is 6.71. The van der Waals surface area contributed by atoms with Crippen LogP contribution in [0.4, 0.5) is 5.69 Å². The number of benzene rings is 2. The van der Waals surface area contributed by atoms with Gasteiger partial charge in [0.15, 0.2) is 0 Å². The molecule has 0 spiro atoms. The van der Waals surface area contributed by atoms with Crippen molar-refractivity contribution in [3.8, 4) is 5.75 Å². The molecule has 3 aliphatic heterocycles. The number of anilines is 1. The van der Waals surface area contributed by atoms with E-state index in [0.29, 0.717) is 35.7 Å². The van der Waals surface area contributed by atoms with Crippen molar-refractivity contribution in [1.29, 1.82) is 0 Å². The van der Waals surface area contributed by atoms with Gasteiger partial charge in [-0.2, -0.15) is 0 Å². The summed E-state index contributed by atoms with van der Waals surface area (Å²) in [6.07, 6.45) is 5.78. The topological polar surface area (TPSA) is 85.3 Å². The molecular weight excluding hydrogens is 478 g/mol. The first-order valence-corrected chi connectivity index (χ1v) is 14.7. The Balaban J connectivity index is 1.29. The van der Waals surface area contributed by atoms with Crippen LogP contribution < -0.4 is 9.04 Å². The van der Waals surface area contributed by atoms with E-state index in [0.717, 1.165) is 76.2 Å². The van der Waals surface area contributed by atoms with Crippen LogP contribution >= 0.6 is 0 Å². The third-order valence-electron chi connectivity index (χ3n) is 8.20. The van der Waals surface area contributed by atoms with Crippen LogP contribution in [0, 0.1) is 11.8 Å². The SMILES string of the molecule is O=S(=O)(c1ccc(OCC2CCOCC2)c(CO)c1)N1c2ccc(C3COC3)cc2CCC1C1CC1. The van der Waals surface area contributed by atoms with Gasteiger partial charge in [0.1, 0.15) is 5.75 Å². The quantitative estimate of drug-likeness (QED) is 0.574. The monoisotopic (exact) mass is 513 g/mol. The minimum Gasteiger partial charge on any atom is -0.493 e. The fraction of sp³-hybridized carbons (Fsp3) is 0.571. The van der Waals surface area contributed by atoms with Crippen molar-refractivity contribution in [2.75, 3.05) is 37.3 Å². The standard InChI is InChI=1S/C28H35NO6S/c30-15-23-14-25(5-8-28(23)35-16-19-9-11-33-12-10-19)36(31,32)29-26(20-1-2-20)7-4-22-13-21(3-6-27(22)29)24-17-34-18-24/h3,5-6,8,13-14,19-20,24,26,30H,1-2,4,7,9-12,15-18H2. The molecule has 0 amide bonds. The third-order valence-corrected chi connectivity index (χ3v) is 10.0. The van der Waals surface area contributed by atoms with Crippen molar-refractivity contribution >= 4 is 15.7 Å². The maximum atomic E-state index is 14.1. The van der Waals surface area contributed by atoms with E-state index in [2.05, 4.69) is 12.1 Å². The van der Waals surface area contributed by atoms with E-state index >= 15 is 0 Å². The maximum absolute atomic E-state index is 14.1. The van der Waals surface area contributed by atoms with Gasteiger partial charge in [-0.3, -0.25) is 4.31 Å². The van der Waals surface area contributed by atoms with Gasteiger partial charge < -0.3 is 19.3 Å². The Morgan fingerprint density at radius 1 is 0.972 bits per heavy atom. The molecule has 2 aromatic carbocycles. The van der Waals surface area contributed by atoms with Crippen LogP contribution in [0.1, 0.15) is 54.7 Å². The van der Waals surface area contributed by atoms with Gasteiger partial charge in [0, 0.05) is 30.7 Å². The summed E-state index contributed by atoms with van der Waals surface area (Å²) in [4.78, 5) is 0.208. The Bertz CT molecular complexity index is 1200. The summed E-state index contributed by atoms with van der Waals surface area (Å²) in [7, 11) is -3.81. The molecule has 6 rings (SSSR count). The summed E-state index contributed by atoms with van der Waals surface area (Å²) in [6, 6.07) is 11.1. The Labute approximate surface area is 213 Å². The van der Waals surface area contributed by atoms with Gasteiger partial charge in [-0.25, -0.2) is 8.42 Å². The van der Waals surface area contributed by atoms with Crippen molar-refractivity contribution < 1.29 is 27.7 Å². The van der Waals surface area contributed by atoms with E-state index in [1.807, 2.05) is 6.07 Å². The molecule has 1 aliphatic carbocycles. The zero-order chi connectivity index (χ0) is 24.7. The number of aliphatic hydroxyl groups is 1. The summed E-state index contributed by atoms with van der Waals surface area (Å²) in [6.45, 7) is 3.22. The molecule has 2 aromatic rings. The summed E-state index contributed by atoms with van der Waals surface area (Å²) >= 11 is 0. The van der Waals surface area contributed by atoms with E-state index in [4.69, 9.17) is 14.2 Å². The normalized spacial score (nSPS) is 23.2. The van der Waals surface area contributed by atoms with Crippen molar-refractivity contribution in [2.24, 2.45) is 11.8 Å². The van der Waals surface area contributed by atoms with Crippen LogP contribution in [0.3, 0.4) is 0 Å². The molecule has 4 aliphatic rings. The van der Waals surface area contributed by atoms with Crippen LogP contribution in [0.5, 0.6) is 5.75 Å². The van der Waals surface area contributed by atoms with E-state index in [1.54, 1.807) is 22.5 Å². The predicted octanol–water partition coefficient (Wildman–Crippen LogP) is 4.02. The molecule has 194 valence electrons. The lowest BCUT2D eigenvalue weighted by Gasteiger charge is -2.39. The number of sulfonamides is 1. The number of aryl methyl sites for hydroxylation is 1. The molecule has 8 heteroatoms. The molecule has 1 unspecified atom stereocenters. The molecular formula is C28H35NO6S. The smallest absolute Gasteiger partial charge is 0.264 e. The summed E-state index contributed by atoms with van der Waals surface area (Å²) in [5.41, 5.74) is 3.63. The number of rotatable bonds is 8. The van der Waals surface area contributed by atoms with Gasteiger partial charge in [0.25, 0.3) is 10.0 Å². The molecule has 1 atom stereocenters. The van der Waals surface area contributed by atoms with Crippen molar-refractivity contribution in [1.82, 2.24) is 0 Å². The van der Waals surface area contributed by atoms with E-state index < -0.39 is 10.0 Å². The van der Waals surface area contributed by atoms with E-state index in [9.17, 15) is 13.5 Å².